The second kappa shape index (κ2) is 11.2. The van der Waals surface area contributed by atoms with Gasteiger partial charge in [0.15, 0.2) is 0 Å². The third kappa shape index (κ3) is 6.61. The Morgan fingerprint density at radius 2 is 2.06 bits per heavy atom. The number of aromatic hydroxyl groups is 1. The summed E-state index contributed by atoms with van der Waals surface area (Å²) in [6.45, 7) is 4.75. The minimum atomic E-state index is -0.536. The number of carbonyl (C=O) groups is 2. The highest BCUT2D eigenvalue weighted by molar-refractivity contribution is 6.32. The highest BCUT2D eigenvalue weighted by atomic mass is 35.5. The van der Waals surface area contributed by atoms with Crippen LogP contribution in [0.3, 0.4) is 0 Å². The van der Waals surface area contributed by atoms with Crippen LogP contribution >= 0.6 is 11.6 Å². The maximum absolute atomic E-state index is 12.6. The topological polar surface area (TPSA) is 96.9 Å². The van der Waals surface area contributed by atoms with Crippen LogP contribution in [0.15, 0.2) is 30.3 Å². The molecule has 0 saturated carbocycles. The number of anilines is 1. The number of esters is 2. The fraction of sp³-hybridized carbons (Fsp3) is 0.417. The van der Waals surface area contributed by atoms with Crippen molar-refractivity contribution in [1.82, 2.24) is 5.32 Å². The van der Waals surface area contributed by atoms with Gasteiger partial charge in [0.25, 0.3) is 0 Å². The van der Waals surface area contributed by atoms with Crippen LogP contribution in [0.25, 0.3) is 0 Å². The lowest BCUT2D eigenvalue weighted by Gasteiger charge is -2.23. The van der Waals surface area contributed by atoms with E-state index < -0.39 is 11.9 Å². The molecule has 8 heteroatoms. The Kier molecular flexibility index (Phi) is 8.36. The van der Waals surface area contributed by atoms with Gasteiger partial charge in [0, 0.05) is 36.8 Å². The molecule has 0 bridgehead atoms. The lowest BCUT2D eigenvalue weighted by atomic mass is 10.0. The predicted molar refractivity (Wildman–Crippen MR) is 123 cm³/mol. The summed E-state index contributed by atoms with van der Waals surface area (Å²) >= 11 is 6.04. The lowest BCUT2D eigenvalue weighted by Crippen LogP contribution is -2.35. The molecule has 1 unspecified atom stereocenters. The monoisotopic (exact) mass is 460 g/mol. The molecule has 1 heterocycles. The van der Waals surface area contributed by atoms with Gasteiger partial charge < -0.3 is 25.2 Å². The fourth-order valence-electron chi connectivity index (χ4n) is 3.72. The molecule has 0 aromatic heterocycles. The molecule has 1 aliphatic rings. The molecule has 0 aliphatic carbocycles. The van der Waals surface area contributed by atoms with Crippen molar-refractivity contribution in [2.45, 2.75) is 52.1 Å². The van der Waals surface area contributed by atoms with Crippen molar-refractivity contribution in [1.29, 1.82) is 0 Å². The van der Waals surface area contributed by atoms with Crippen molar-refractivity contribution in [3.8, 4) is 11.5 Å². The Hall–Kier alpha value is -2.77. The minimum absolute atomic E-state index is 0.0117. The largest absolute Gasteiger partial charge is 0.506 e. The van der Waals surface area contributed by atoms with E-state index in [1.54, 1.807) is 24.3 Å². The fourth-order valence-corrected chi connectivity index (χ4v) is 4.01. The molecule has 32 heavy (non-hydrogen) atoms. The van der Waals surface area contributed by atoms with Gasteiger partial charge in [-0.05, 0) is 56.5 Å². The van der Waals surface area contributed by atoms with Crippen molar-refractivity contribution in [2.24, 2.45) is 0 Å². The number of halogens is 1. The van der Waals surface area contributed by atoms with Gasteiger partial charge in [0.2, 0.25) is 0 Å². The molecule has 2 aromatic carbocycles. The Bertz CT molecular complexity index is 973. The number of ether oxygens (including phenoxy) is 2. The zero-order valence-electron chi connectivity index (χ0n) is 18.4. The highest BCUT2D eigenvalue weighted by Gasteiger charge is 2.18. The summed E-state index contributed by atoms with van der Waals surface area (Å²) in [5.41, 5.74) is 2.35. The van der Waals surface area contributed by atoms with Gasteiger partial charge in [-0.2, -0.15) is 0 Å². The van der Waals surface area contributed by atoms with E-state index in [2.05, 4.69) is 10.6 Å². The first-order valence-corrected chi connectivity index (χ1v) is 11.2. The number of phenolic OH excluding ortho intramolecular Hbond substituents is 1. The Labute approximate surface area is 193 Å². The normalized spacial score (nSPS) is 15.8. The van der Waals surface area contributed by atoms with Crippen molar-refractivity contribution < 1.29 is 24.2 Å². The highest BCUT2D eigenvalue weighted by Crippen LogP contribution is 2.30. The third-order valence-electron chi connectivity index (χ3n) is 5.34. The summed E-state index contributed by atoms with van der Waals surface area (Å²) in [7, 11) is 0. The van der Waals surface area contributed by atoms with E-state index in [9.17, 15) is 14.7 Å². The number of piperidine rings is 1. The molecule has 1 fully saturated rings. The Morgan fingerprint density at radius 1 is 1.25 bits per heavy atom. The number of aryl methyl sites for hydroxylation is 1. The number of nitrogens with one attached hydrogen (secondary N) is 2. The number of benzene rings is 2. The summed E-state index contributed by atoms with van der Waals surface area (Å²) in [6, 6.07) is 8.70. The quantitative estimate of drug-likeness (QED) is 0.392. The number of phenols is 1. The van der Waals surface area contributed by atoms with Crippen LogP contribution in [0.1, 0.15) is 54.1 Å². The average Bonchev–Trinajstić information content (AvgIpc) is 2.75. The zero-order chi connectivity index (χ0) is 23.1. The second-order valence-corrected chi connectivity index (χ2v) is 8.39. The number of rotatable bonds is 8. The van der Waals surface area contributed by atoms with Crippen LogP contribution in [0.5, 0.6) is 11.5 Å². The van der Waals surface area contributed by atoms with Crippen LogP contribution in [0.4, 0.5) is 5.69 Å². The number of hydrogen-bond acceptors (Lipinski definition) is 7. The molecule has 1 saturated heterocycles. The SMILES string of the molecule is CC(=O)Oc1cc(NCc2cc(C)cc(Cl)c2O)ccc1C(=O)OCCC1CCCCN1. The molecular formula is C24H29ClN2O5. The number of hydrogen-bond donors (Lipinski definition) is 3. The van der Waals surface area contributed by atoms with Crippen molar-refractivity contribution in [3.05, 3.63) is 52.0 Å². The molecule has 7 nitrogen and oxygen atoms in total. The van der Waals surface area contributed by atoms with E-state index in [-0.39, 0.29) is 22.1 Å². The van der Waals surface area contributed by atoms with Crippen molar-refractivity contribution >= 4 is 29.2 Å². The van der Waals surface area contributed by atoms with E-state index in [0.717, 1.165) is 24.9 Å². The van der Waals surface area contributed by atoms with Gasteiger partial charge in [-0.1, -0.05) is 24.1 Å². The molecule has 0 spiro atoms. The first kappa shape index (κ1) is 23.9. The van der Waals surface area contributed by atoms with Gasteiger partial charge in [-0.15, -0.1) is 0 Å². The molecule has 0 amide bonds. The summed E-state index contributed by atoms with van der Waals surface area (Å²) in [5.74, 6) is -0.940. The Morgan fingerprint density at radius 3 is 2.78 bits per heavy atom. The summed E-state index contributed by atoms with van der Waals surface area (Å²) < 4.78 is 10.7. The van der Waals surface area contributed by atoms with E-state index in [1.165, 1.54) is 19.8 Å². The van der Waals surface area contributed by atoms with Crippen molar-refractivity contribution in [2.75, 3.05) is 18.5 Å². The zero-order valence-corrected chi connectivity index (χ0v) is 19.1. The van der Waals surface area contributed by atoms with Crippen LogP contribution in [0.2, 0.25) is 5.02 Å². The molecule has 3 rings (SSSR count). The molecule has 1 aliphatic heterocycles. The summed E-state index contributed by atoms with van der Waals surface area (Å²) in [5, 5.41) is 17.0. The third-order valence-corrected chi connectivity index (χ3v) is 5.62. The smallest absolute Gasteiger partial charge is 0.341 e. The van der Waals surface area contributed by atoms with E-state index in [1.807, 2.05) is 13.0 Å². The van der Waals surface area contributed by atoms with E-state index >= 15 is 0 Å². The van der Waals surface area contributed by atoms with Gasteiger partial charge in [0.1, 0.15) is 17.1 Å². The van der Waals surface area contributed by atoms with Gasteiger partial charge in [-0.25, -0.2) is 4.79 Å². The molecular weight excluding hydrogens is 432 g/mol. The first-order valence-electron chi connectivity index (χ1n) is 10.8. The van der Waals surface area contributed by atoms with Gasteiger partial charge in [-0.3, -0.25) is 4.79 Å². The first-order chi connectivity index (χ1) is 15.3. The maximum Gasteiger partial charge on any atom is 0.341 e. The van der Waals surface area contributed by atoms with Crippen LogP contribution < -0.4 is 15.4 Å². The van der Waals surface area contributed by atoms with Crippen LogP contribution in [-0.4, -0.2) is 36.2 Å². The molecule has 0 radical (unpaired) electrons. The molecule has 1 atom stereocenters. The minimum Gasteiger partial charge on any atom is -0.506 e. The van der Waals surface area contributed by atoms with Crippen molar-refractivity contribution in [3.63, 3.8) is 0 Å². The molecule has 2 aromatic rings. The Balaban J connectivity index is 1.66. The molecule has 3 N–H and O–H groups in total. The average molecular weight is 461 g/mol. The molecule has 172 valence electrons. The van der Waals surface area contributed by atoms with Crippen LogP contribution in [0, 0.1) is 6.92 Å². The lowest BCUT2D eigenvalue weighted by molar-refractivity contribution is -0.131. The predicted octanol–water partition coefficient (Wildman–Crippen LogP) is 4.58. The van der Waals surface area contributed by atoms with E-state index in [0.29, 0.717) is 30.4 Å². The van der Waals surface area contributed by atoms with Gasteiger partial charge >= 0.3 is 11.9 Å². The number of carbonyl (C=O) groups excluding carboxylic acids is 2. The van der Waals surface area contributed by atoms with Crippen LogP contribution in [-0.2, 0) is 16.1 Å². The van der Waals surface area contributed by atoms with E-state index in [4.69, 9.17) is 21.1 Å². The van der Waals surface area contributed by atoms with Gasteiger partial charge in [0.05, 0.1) is 11.6 Å². The summed E-state index contributed by atoms with van der Waals surface area (Å²) in [6.07, 6.45) is 4.19. The summed E-state index contributed by atoms with van der Waals surface area (Å²) in [4.78, 5) is 24.2. The second-order valence-electron chi connectivity index (χ2n) is 7.98. The maximum atomic E-state index is 12.6. The standard InChI is InChI=1S/C24H29ClN2O5/c1-15-11-17(23(29)21(25)12-15)14-27-19-6-7-20(22(13-19)32-16(2)28)24(30)31-10-8-18-5-3-4-9-26-18/h6-7,11-13,18,26-27,29H,3-5,8-10,14H2,1-2H3.